The lowest BCUT2D eigenvalue weighted by Crippen LogP contribution is -2.25. The van der Waals surface area contributed by atoms with Crippen LogP contribution in [0.1, 0.15) is 18.4 Å². The van der Waals surface area contributed by atoms with Crippen LogP contribution in [0, 0.1) is 0 Å². The summed E-state index contributed by atoms with van der Waals surface area (Å²) in [5, 5.41) is 2.89. The van der Waals surface area contributed by atoms with Gasteiger partial charge in [0.2, 0.25) is 5.91 Å². The maximum atomic E-state index is 11.5. The van der Waals surface area contributed by atoms with E-state index < -0.39 is 0 Å². The molecule has 0 unspecified atom stereocenters. The summed E-state index contributed by atoms with van der Waals surface area (Å²) in [7, 11) is 0. The SMILES string of the molecule is O=C(CCCCl)NCCc1ccc(Oc2ccccc2)cc1. The van der Waals surface area contributed by atoms with E-state index in [2.05, 4.69) is 5.32 Å². The zero-order chi connectivity index (χ0) is 15.6. The number of hydrogen-bond acceptors (Lipinski definition) is 2. The summed E-state index contributed by atoms with van der Waals surface area (Å²) in [5.41, 5.74) is 1.16. The van der Waals surface area contributed by atoms with Crippen molar-refractivity contribution in [1.29, 1.82) is 0 Å². The van der Waals surface area contributed by atoms with Crippen molar-refractivity contribution in [3.8, 4) is 11.5 Å². The summed E-state index contributed by atoms with van der Waals surface area (Å²) in [6.45, 7) is 0.639. The van der Waals surface area contributed by atoms with Gasteiger partial charge in [0.15, 0.2) is 0 Å². The predicted octanol–water partition coefficient (Wildman–Crippen LogP) is 4.16. The van der Waals surface area contributed by atoms with Crippen molar-refractivity contribution in [2.24, 2.45) is 0 Å². The summed E-state index contributed by atoms with van der Waals surface area (Å²) in [6.07, 6.45) is 2.02. The number of carbonyl (C=O) groups excluding carboxylic acids is 1. The summed E-state index contributed by atoms with van der Waals surface area (Å²) < 4.78 is 5.74. The van der Waals surface area contributed by atoms with E-state index in [9.17, 15) is 4.79 Å². The molecule has 0 aliphatic carbocycles. The van der Waals surface area contributed by atoms with Crippen molar-refractivity contribution in [3.05, 3.63) is 60.2 Å². The second-order valence-corrected chi connectivity index (χ2v) is 5.33. The van der Waals surface area contributed by atoms with Gasteiger partial charge in [-0.3, -0.25) is 4.79 Å². The molecule has 22 heavy (non-hydrogen) atoms. The number of nitrogens with one attached hydrogen (secondary N) is 1. The van der Waals surface area contributed by atoms with E-state index in [4.69, 9.17) is 16.3 Å². The van der Waals surface area contributed by atoms with Crippen LogP contribution in [-0.4, -0.2) is 18.3 Å². The highest BCUT2D eigenvalue weighted by Gasteiger charge is 2.01. The first kappa shape index (κ1) is 16.4. The smallest absolute Gasteiger partial charge is 0.220 e. The second kappa shape index (κ2) is 9.11. The molecule has 1 amide bonds. The Morgan fingerprint density at radius 3 is 2.36 bits per heavy atom. The minimum absolute atomic E-state index is 0.0599. The number of carbonyl (C=O) groups is 1. The Labute approximate surface area is 136 Å². The molecule has 3 nitrogen and oxygen atoms in total. The molecule has 0 saturated carbocycles. The van der Waals surface area contributed by atoms with Crippen molar-refractivity contribution >= 4 is 17.5 Å². The number of hydrogen-bond donors (Lipinski definition) is 1. The molecule has 2 rings (SSSR count). The largest absolute Gasteiger partial charge is 0.457 e. The molecule has 0 saturated heterocycles. The summed E-state index contributed by atoms with van der Waals surface area (Å²) in [6, 6.07) is 17.6. The minimum Gasteiger partial charge on any atom is -0.457 e. The Balaban J connectivity index is 1.76. The quantitative estimate of drug-likeness (QED) is 0.742. The van der Waals surface area contributed by atoms with Crippen molar-refractivity contribution in [2.75, 3.05) is 12.4 Å². The number of alkyl halides is 1. The third-order valence-corrected chi connectivity index (χ3v) is 3.44. The molecule has 2 aromatic rings. The fourth-order valence-electron chi connectivity index (χ4n) is 2.01. The van der Waals surface area contributed by atoms with Gasteiger partial charge in [0.1, 0.15) is 11.5 Å². The first-order valence-electron chi connectivity index (χ1n) is 7.42. The molecule has 0 spiro atoms. The number of ether oxygens (including phenoxy) is 1. The highest BCUT2D eigenvalue weighted by Crippen LogP contribution is 2.21. The van der Waals surface area contributed by atoms with Crippen molar-refractivity contribution in [2.45, 2.75) is 19.3 Å². The van der Waals surface area contributed by atoms with Crippen LogP contribution in [-0.2, 0) is 11.2 Å². The first-order chi connectivity index (χ1) is 10.8. The fraction of sp³-hybridized carbons (Fsp3) is 0.278. The van der Waals surface area contributed by atoms with Gasteiger partial charge in [-0.1, -0.05) is 30.3 Å². The lowest BCUT2D eigenvalue weighted by Gasteiger charge is -2.07. The lowest BCUT2D eigenvalue weighted by atomic mass is 10.1. The number of rotatable bonds is 8. The maximum absolute atomic E-state index is 11.5. The molecule has 4 heteroatoms. The topological polar surface area (TPSA) is 38.3 Å². The van der Waals surface area contributed by atoms with Crippen LogP contribution >= 0.6 is 11.6 Å². The van der Waals surface area contributed by atoms with Gasteiger partial charge >= 0.3 is 0 Å². The third kappa shape index (κ3) is 5.78. The van der Waals surface area contributed by atoms with Gasteiger partial charge < -0.3 is 10.1 Å². The van der Waals surface area contributed by atoms with Crippen molar-refractivity contribution in [1.82, 2.24) is 5.32 Å². The molecule has 0 atom stereocenters. The molecule has 0 fully saturated rings. The van der Waals surface area contributed by atoms with Crippen LogP contribution in [0.5, 0.6) is 11.5 Å². The van der Waals surface area contributed by atoms with Gasteiger partial charge in [-0.15, -0.1) is 11.6 Å². The van der Waals surface area contributed by atoms with Crippen molar-refractivity contribution in [3.63, 3.8) is 0 Å². The molecule has 0 heterocycles. The van der Waals surface area contributed by atoms with Crippen LogP contribution in [0.25, 0.3) is 0 Å². The molecular formula is C18H20ClNO2. The Morgan fingerprint density at radius 2 is 1.68 bits per heavy atom. The Morgan fingerprint density at radius 1 is 1.00 bits per heavy atom. The van der Waals surface area contributed by atoms with Crippen LogP contribution in [0.15, 0.2) is 54.6 Å². The number of benzene rings is 2. The Hall–Kier alpha value is -2.00. The molecule has 1 N–H and O–H groups in total. The predicted molar refractivity (Wildman–Crippen MR) is 89.6 cm³/mol. The van der Waals surface area contributed by atoms with E-state index in [1.807, 2.05) is 54.6 Å². The molecule has 0 radical (unpaired) electrons. The third-order valence-electron chi connectivity index (χ3n) is 3.18. The molecule has 116 valence electrons. The zero-order valence-electron chi connectivity index (χ0n) is 12.4. The van der Waals surface area contributed by atoms with E-state index in [-0.39, 0.29) is 5.91 Å². The van der Waals surface area contributed by atoms with E-state index in [1.54, 1.807) is 0 Å². The lowest BCUT2D eigenvalue weighted by molar-refractivity contribution is -0.121. The number of amides is 1. The van der Waals surface area contributed by atoms with E-state index in [1.165, 1.54) is 0 Å². The zero-order valence-corrected chi connectivity index (χ0v) is 13.2. The van der Waals surface area contributed by atoms with Gasteiger partial charge in [0.05, 0.1) is 0 Å². The van der Waals surface area contributed by atoms with E-state index in [0.29, 0.717) is 18.8 Å². The highest BCUT2D eigenvalue weighted by molar-refractivity contribution is 6.17. The second-order valence-electron chi connectivity index (χ2n) is 4.95. The highest BCUT2D eigenvalue weighted by atomic mass is 35.5. The number of para-hydroxylation sites is 1. The minimum atomic E-state index is 0.0599. The Kier molecular flexibility index (Phi) is 6.78. The van der Waals surface area contributed by atoms with Gasteiger partial charge in [-0.25, -0.2) is 0 Å². The molecule has 0 aliphatic heterocycles. The molecule has 0 aromatic heterocycles. The monoisotopic (exact) mass is 317 g/mol. The van der Waals surface area contributed by atoms with E-state index >= 15 is 0 Å². The average Bonchev–Trinajstić information content (AvgIpc) is 2.55. The summed E-state index contributed by atoms with van der Waals surface area (Å²) in [5.74, 6) is 2.21. The number of halogens is 1. The standard InChI is InChI=1S/C18H20ClNO2/c19-13-4-7-18(21)20-14-12-15-8-10-17(11-9-15)22-16-5-2-1-3-6-16/h1-3,5-6,8-11H,4,7,12-14H2,(H,20,21). The average molecular weight is 318 g/mol. The van der Waals surface area contributed by atoms with Gasteiger partial charge in [0, 0.05) is 18.8 Å². The fourth-order valence-corrected chi connectivity index (χ4v) is 2.14. The van der Waals surface area contributed by atoms with Crippen LogP contribution in [0.2, 0.25) is 0 Å². The molecule has 0 bridgehead atoms. The van der Waals surface area contributed by atoms with Crippen LogP contribution < -0.4 is 10.1 Å². The normalized spacial score (nSPS) is 10.2. The summed E-state index contributed by atoms with van der Waals surface area (Å²) >= 11 is 5.56. The first-order valence-corrected chi connectivity index (χ1v) is 7.96. The van der Waals surface area contributed by atoms with Gasteiger partial charge in [0.25, 0.3) is 0 Å². The van der Waals surface area contributed by atoms with E-state index in [0.717, 1.165) is 29.9 Å². The maximum Gasteiger partial charge on any atom is 0.220 e. The molecule has 2 aromatic carbocycles. The molecular weight excluding hydrogens is 298 g/mol. The van der Waals surface area contributed by atoms with Gasteiger partial charge in [-0.2, -0.15) is 0 Å². The Bertz CT molecular complexity index is 569. The van der Waals surface area contributed by atoms with Crippen LogP contribution in [0.3, 0.4) is 0 Å². The molecule has 0 aliphatic rings. The van der Waals surface area contributed by atoms with Crippen molar-refractivity contribution < 1.29 is 9.53 Å². The van der Waals surface area contributed by atoms with Crippen LogP contribution in [0.4, 0.5) is 0 Å². The van der Waals surface area contributed by atoms with Gasteiger partial charge in [-0.05, 0) is 42.7 Å². The summed E-state index contributed by atoms with van der Waals surface area (Å²) in [4.78, 5) is 11.5.